The molecule has 0 unspecified atom stereocenters. The van der Waals surface area contributed by atoms with E-state index < -0.39 is 40.5 Å². The van der Waals surface area contributed by atoms with E-state index in [1.165, 1.54) is 0 Å². The second kappa shape index (κ2) is 30.1. The van der Waals surface area contributed by atoms with E-state index in [0.29, 0.717) is 89.0 Å². The summed E-state index contributed by atoms with van der Waals surface area (Å²) in [7, 11) is -4.39. The highest BCUT2D eigenvalue weighted by molar-refractivity contribution is 6.75. The van der Waals surface area contributed by atoms with Crippen LogP contribution in [0.4, 0.5) is 0 Å². The molecule has 0 fully saturated rings. The lowest BCUT2D eigenvalue weighted by atomic mass is 9.86. The van der Waals surface area contributed by atoms with Gasteiger partial charge in [0.05, 0.1) is 82.1 Å². The Bertz CT molecular complexity index is 3990. The summed E-state index contributed by atoms with van der Waals surface area (Å²) in [5, 5.41) is -0.0688. The number of ether oxygens (including phenoxy) is 4. The minimum absolute atomic E-state index is 0.0344. The van der Waals surface area contributed by atoms with Gasteiger partial charge in [-0.3, -0.25) is 0 Å². The zero-order valence-corrected chi connectivity index (χ0v) is 55.8. The van der Waals surface area contributed by atoms with Crippen LogP contribution < -0.4 is 8.85 Å². The summed E-state index contributed by atoms with van der Waals surface area (Å²) >= 11 is 0. The molecule has 454 valence electrons. The second-order valence-electron chi connectivity index (χ2n) is 23.7. The van der Waals surface area contributed by atoms with Crippen molar-refractivity contribution < 1.29 is 47.0 Å². The highest BCUT2D eigenvalue weighted by atomic mass is 28.4. The van der Waals surface area contributed by atoms with Crippen molar-refractivity contribution >= 4 is 40.5 Å². The lowest BCUT2D eigenvalue weighted by Crippen LogP contribution is -2.43. The van der Waals surface area contributed by atoms with Gasteiger partial charge in [0.15, 0.2) is 0 Å². The first-order valence-corrected chi connectivity index (χ1v) is 35.7. The van der Waals surface area contributed by atoms with Crippen LogP contribution in [0.5, 0.6) is 11.5 Å². The highest BCUT2D eigenvalue weighted by Gasteiger charge is 2.40. The Labute approximate surface area is 533 Å². The second-order valence-corrected chi connectivity index (χ2v) is 33.2. The van der Waals surface area contributed by atoms with Gasteiger partial charge in [0.25, 0.3) is 0 Å². The molecule has 0 radical (unpaired) electrons. The SMILES string of the molecule is CCOC(=O)c1ccc(C#Cc2c(C#Cc3ccc(O[Si](C)(C)C(C)(C)C)cc3)c(C#Cc3ccc(C(=O)OCC)cc3)c(C#Cc3ccc(C(=O)OCC)cc3)c(C#Cc3ccc(C(=O)OCC)cc3)c2C#Cc2ccc(O[Si](C)(C)C(C)(C)C)cc2)cc1. The number of hydrogen-bond acceptors (Lipinski definition) is 10. The standard InChI is InChI=1S/C78H74O10Si2/c1-15-83-73(79)61-37-19-55(20-38-61)31-49-67-68(50-32-56-21-39-62(40-22-56)74(80)84-16-2)71(53-35-59-27-45-65(46-28-59)87-89(11,12)77(5,6)7)70(52-34-58-25-43-64(44-26-58)76(82)86-18-4)72(69(67)51-33-57-23-41-63(42-24-57)75(81)85-17-3)54-36-60-29-47-66(48-30-60)88-90(13,14)78(8,9)10/h19-30,37-48H,15-18H2,1-14H3. The molecule has 0 bridgehead atoms. The fourth-order valence-corrected chi connectivity index (χ4v) is 10.1. The Balaban J connectivity index is 1.64. The third kappa shape index (κ3) is 18.0. The lowest BCUT2D eigenvalue weighted by molar-refractivity contribution is 0.0516. The van der Waals surface area contributed by atoms with Crippen molar-refractivity contribution in [3.8, 4) is 82.5 Å². The van der Waals surface area contributed by atoms with Crippen LogP contribution in [0, 0.1) is 71.0 Å². The molecule has 0 amide bonds. The lowest BCUT2D eigenvalue weighted by Gasteiger charge is -2.36. The topological polar surface area (TPSA) is 124 Å². The van der Waals surface area contributed by atoms with E-state index in [1.54, 1.807) is 125 Å². The van der Waals surface area contributed by atoms with Crippen molar-refractivity contribution in [2.24, 2.45) is 0 Å². The maximum atomic E-state index is 12.8. The Kier molecular flexibility index (Phi) is 22.6. The first-order chi connectivity index (χ1) is 42.8. The molecule has 0 aliphatic rings. The van der Waals surface area contributed by atoms with Crippen molar-refractivity contribution in [3.63, 3.8) is 0 Å². The van der Waals surface area contributed by atoms with Gasteiger partial charge in [-0.15, -0.1) is 0 Å². The van der Waals surface area contributed by atoms with Gasteiger partial charge >= 0.3 is 23.9 Å². The summed E-state index contributed by atoms with van der Waals surface area (Å²) in [5.74, 6) is 40.7. The molecule has 0 N–H and O–H groups in total. The maximum Gasteiger partial charge on any atom is 0.338 e. The third-order valence-corrected chi connectivity index (χ3v) is 23.9. The van der Waals surface area contributed by atoms with Gasteiger partial charge in [-0.05, 0) is 210 Å². The van der Waals surface area contributed by atoms with Gasteiger partial charge in [-0.25, -0.2) is 19.2 Å². The molecule has 0 saturated heterocycles. The van der Waals surface area contributed by atoms with Gasteiger partial charge in [0.1, 0.15) is 11.5 Å². The summed E-state index contributed by atoms with van der Waals surface area (Å²) in [5.41, 5.74) is 7.17. The summed E-state index contributed by atoms with van der Waals surface area (Å²) in [6.07, 6.45) is 0. The molecule has 7 rings (SSSR count). The van der Waals surface area contributed by atoms with Gasteiger partial charge in [-0.2, -0.15) is 0 Å². The van der Waals surface area contributed by atoms with E-state index in [0.717, 1.165) is 11.5 Å². The third-order valence-electron chi connectivity index (χ3n) is 15.1. The summed E-state index contributed by atoms with van der Waals surface area (Å²) in [6, 6.07) is 42.5. The van der Waals surface area contributed by atoms with Gasteiger partial charge < -0.3 is 27.8 Å². The highest BCUT2D eigenvalue weighted by Crippen LogP contribution is 2.39. The number of esters is 4. The predicted octanol–water partition coefficient (Wildman–Crippen LogP) is 15.6. The van der Waals surface area contributed by atoms with E-state index in [4.69, 9.17) is 27.8 Å². The zero-order valence-electron chi connectivity index (χ0n) is 53.8. The molecule has 0 heterocycles. The van der Waals surface area contributed by atoms with Crippen LogP contribution in [0.1, 0.15) is 177 Å². The summed E-state index contributed by atoms with van der Waals surface area (Å²) in [6.45, 7) is 29.8. The molecule has 10 nitrogen and oxygen atoms in total. The Morgan fingerprint density at radius 3 is 0.611 bits per heavy atom. The number of rotatable bonds is 12. The predicted molar refractivity (Wildman–Crippen MR) is 360 cm³/mol. The van der Waals surface area contributed by atoms with Gasteiger partial charge in [0.2, 0.25) is 16.6 Å². The van der Waals surface area contributed by atoms with Crippen molar-refractivity contribution in [2.75, 3.05) is 26.4 Å². The maximum absolute atomic E-state index is 12.8. The number of carbonyl (C=O) groups is 4. The van der Waals surface area contributed by atoms with Crippen molar-refractivity contribution in [1.82, 2.24) is 0 Å². The first-order valence-electron chi connectivity index (χ1n) is 29.9. The molecule has 12 heteroatoms. The molecule has 0 aliphatic heterocycles. The van der Waals surface area contributed by atoms with Crippen LogP contribution in [0.3, 0.4) is 0 Å². The fraction of sp³-hybridized carbons (Fsp3) is 0.256. The van der Waals surface area contributed by atoms with Crippen molar-refractivity contribution in [2.45, 2.75) is 106 Å². The Hall–Kier alpha value is -10.2. The molecule has 7 aromatic rings. The largest absolute Gasteiger partial charge is 0.544 e. The van der Waals surface area contributed by atoms with Crippen LogP contribution >= 0.6 is 0 Å². The van der Waals surface area contributed by atoms with Crippen LogP contribution in [0.2, 0.25) is 36.3 Å². The van der Waals surface area contributed by atoms with Crippen molar-refractivity contribution in [3.05, 3.63) is 235 Å². The Morgan fingerprint density at radius 1 is 0.289 bits per heavy atom. The summed E-state index contributed by atoms with van der Waals surface area (Å²) in [4.78, 5) is 51.3. The zero-order chi connectivity index (χ0) is 65.2. The molecule has 0 aliphatic carbocycles. The fourth-order valence-electron chi connectivity index (χ4n) is 8.03. The van der Waals surface area contributed by atoms with E-state index in [1.807, 2.05) is 48.5 Å². The Morgan fingerprint density at radius 2 is 0.456 bits per heavy atom. The smallest absolute Gasteiger partial charge is 0.338 e. The van der Waals surface area contributed by atoms with Crippen LogP contribution in [0.25, 0.3) is 0 Å². The molecule has 0 saturated carbocycles. The average molecular weight is 1230 g/mol. The molecule has 0 spiro atoms. The summed E-state index contributed by atoms with van der Waals surface area (Å²) < 4.78 is 34.5. The molecule has 0 aromatic heterocycles. The molecule has 90 heavy (non-hydrogen) atoms. The first kappa shape index (κ1) is 67.3. The van der Waals surface area contributed by atoms with Gasteiger partial charge in [0, 0.05) is 33.4 Å². The normalized spacial score (nSPS) is 10.8. The quantitative estimate of drug-likeness (QED) is 0.0505. The van der Waals surface area contributed by atoms with E-state index in [2.05, 4.69) is 139 Å². The van der Waals surface area contributed by atoms with Gasteiger partial charge in [-0.1, -0.05) is 113 Å². The minimum Gasteiger partial charge on any atom is -0.544 e. The number of benzene rings is 7. The van der Waals surface area contributed by atoms with E-state index in [-0.39, 0.29) is 36.5 Å². The van der Waals surface area contributed by atoms with Crippen LogP contribution in [-0.4, -0.2) is 66.9 Å². The van der Waals surface area contributed by atoms with Crippen molar-refractivity contribution in [1.29, 1.82) is 0 Å². The van der Waals surface area contributed by atoms with Crippen LogP contribution in [-0.2, 0) is 18.9 Å². The molecule has 0 atom stereocenters. The molecular weight excluding hydrogens is 1150 g/mol. The molecule has 7 aromatic carbocycles. The number of hydrogen-bond donors (Lipinski definition) is 0. The number of carbonyl (C=O) groups excluding carboxylic acids is 4. The minimum atomic E-state index is -2.20. The average Bonchev–Trinajstić information content (AvgIpc) is 0.786. The van der Waals surface area contributed by atoms with E-state index in [9.17, 15) is 19.2 Å². The molecular formula is C78H74O10Si2. The van der Waals surface area contributed by atoms with E-state index >= 15 is 0 Å². The van der Waals surface area contributed by atoms with Crippen LogP contribution in [0.15, 0.2) is 146 Å². The monoisotopic (exact) mass is 1230 g/mol.